The molecule has 8 heteroatoms. The fraction of sp³-hybridized carbons (Fsp3) is 0.194. The number of hydrogen-bond donors (Lipinski definition) is 0. The van der Waals surface area contributed by atoms with Crippen molar-refractivity contribution in [2.45, 2.75) is 32.7 Å². The van der Waals surface area contributed by atoms with E-state index in [1.807, 2.05) is 67.6 Å². The molecule has 0 saturated heterocycles. The minimum Gasteiger partial charge on any atom is -0.462 e. The van der Waals surface area contributed by atoms with Crippen LogP contribution in [0, 0.1) is 0 Å². The van der Waals surface area contributed by atoms with E-state index in [1.165, 1.54) is 10.5 Å². The van der Waals surface area contributed by atoms with E-state index >= 15 is 0 Å². The van der Waals surface area contributed by atoms with Crippen molar-refractivity contribution in [1.29, 1.82) is 0 Å². The SMILES string of the molecule is CCOC(=O)c1cc2c(=O)n3ccccc3nc2n(Cc2ccccc2)c1=NC(=O)C(CC)c1ccccc1. The van der Waals surface area contributed by atoms with E-state index in [0.717, 1.165) is 11.1 Å². The number of aromatic nitrogens is 3. The second kappa shape index (κ2) is 11.3. The van der Waals surface area contributed by atoms with Crippen molar-refractivity contribution in [2.75, 3.05) is 6.61 Å². The minimum absolute atomic E-state index is 0.0336. The van der Waals surface area contributed by atoms with Gasteiger partial charge in [0, 0.05) is 6.20 Å². The van der Waals surface area contributed by atoms with Gasteiger partial charge in [-0.25, -0.2) is 9.78 Å². The average Bonchev–Trinajstić information content (AvgIpc) is 2.96. The Morgan fingerprint density at radius 2 is 1.64 bits per heavy atom. The lowest BCUT2D eigenvalue weighted by atomic mass is 9.96. The van der Waals surface area contributed by atoms with Gasteiger partial charge < -0.3 is 9.30 Å². The number of benzene rings is 2. The number of hydrogen-bond acceptors (Lipinski definition) is 5. The van der Waals surface area contributed by atoms with Crippen molar-refractivity contribution < 1.29 is 14.3 Å². The highest BCUT2D eigenvalue weighted by Gasteiger charge is 2.23. The maximum Gasteiger partial charge on any atom is 0.341 e. The van der Waals surface area contributed by atoms with Crippen LogP contribution in [0.3, 0.4) is 0 Å². The van der Waals surface area contributed by atoms with Crippen LogP contribution in [0.1, 0.15) is 47.7 Å². The van der Waals surface area contributed by atoms with E-state index < -0.39 is 17.8 Å². The fourth-order valence-corrected chi connectivity index (χ4v) is 4.69. The molecule has 0 bridgehead atoms. The quantitative estimate of drug-likeness (QED) is 0.233. The Balaban J connectivity index is 1.86. The number of carbonyl (C=O) groups excluding carboxylic acids is 2. The fourth-order valence-electron chi connectivity index (χ4n) is 4.69. The monoisotopic (exact) mass is 520 g/mol. The minimum atomic E-state index is -0.668. The van der Waals surface area contributed by atoms with Crippen LogP contribution >= 0.6 is 0 Å². The summed E-state index contributed by atoms with van der Waals surface area (Å²) in [5.41, 5.74) is 2.29. The van der Waals surface area contributed by atoms with E-state index in [4.69, 9.17) is 9.72 Å². The molecule has 39 heavy (non-hydrogen) atoms. The highest BCUT2D eigenvalue weighted by Crippen LogP contribution is 2.21. The molecule has 0 radical (unpaired) electrons. The Labute approximate surface area is 224 Å². The summed E-state index contributed by atoms with van der Waals surface area (Å²) in [7, 11) is 0. The van der Waals surface area contributed by atoms with E-state index in [0.29, 0.717) is 17.7 Å². The summed E-state index contributed by atoms with van der Waals surface area (Å²) in [5.74, 6) is -1.57. The van der Waals surface area contributed by atoms with Gasteiger partial charge in [-0.3, -0.25) is 14.0 Å². The van der Waals surface area contributed by atoms with Gasteiger partial charge in [0.2, 0.25) is 0 Å². The first-order valence-electron chi connectivity index (χ1n) is 12.9. The van der Waals surface area contributed by atoms with Crippen molar-refractivity contribution in [3.63, 3.8) is 0 Å². The third-order valence-corrected chi connectivity index (χ3v) is 6.59. The van der Waals surface area contributed by atoms with E-state index in [2.05, 4.69) is 4.99 Å². The molecule has 3 heterocycles. The van der Waals surface area contributed by atoms with Crippen LogP contribution in [-0.2, 0) is 16.1 Å². The Morgan fingerprint density at radius 3 is 2.33 bits per heavy atom. The van der Waals surface area contributed by atoms with Gasteiger partial charge in [-0.05, 0) is 42.7 Å². The normalized spacial score (nSPS) is 12.5. The van der Waals surface area contributed by atoms with Crippen molar-refractivity contribution in [1.82, 2.24) is 14.0 Å². The number of carbonyl (C=O) groups is 2. The number of rotatable bonds is 7. The molecule has 3 aromatic heterocycles. The summed E-state index contributed by atoms with van der Waals surface area (Å²) >= 11 is 0. The number of ether oxygens (including phenoxy) is 1. The van der Waals surface area contributed by atoms with Gasteiger partial charge in [-0.2, -0.15) is 4.99 Å². The molecule has 1 unspecified atom stereocenters. The number of fused-ring (bicyclic) bond motifs is 2. The number of nitrogens with zero attached hydrogens (tertiary/aromatic N) is 4. The zero-order chi connectivity index (χ0) is 27.4. The Morgan fingerprint density at radius 1 is 0.949 bits per heavy atom. The lowest BCUT2D eigenvalue weighted by Crippen LogP contribution is -2.33. The first kappa shape index (κ1) is 25.8. The van der Waals surface area contributed by atoms with Gasteiger partial charge in [0.25, 0.3) is 11.5 Å². The number of amides is 1. The predicted octanol–water partition coefficient (Wildman–Crippen LogP) is 4.50. The zero-order valence-electron chi connectivity index (χ0n) is 21.8. The van der Waals surface area contributed by atoms with Gasteiger partial charge in [0.1, 0.15) is 16.9 Å². The molecule has 0 aliphatic heterocycles. The lowest BCUT2D eigenvalue weighted by molar-refractivity contribution is -0.119. The second-order valence-electron chi connectivity index (χ2n) is 9.08. The van der Waals surface area contributed by atoms with Gasteiger partial charge in [-0.15, -0.1) is 0 Å². The van der Waals surface area contributed by atoms with Crippen molar-refractivity contribution in [2.24, 2.45) is 4.99 Å². The van der Waals surface area contributed by atoms with Crippen LogP contribution in [0.4, 0.5) is 0 Å². The van der Waals surface area contributed by atoms with Crippen LogP contribution in [0.2, 0.25) is 0 Å². The maximum atomic E-state index is 13.7. The summed E-state index contributed by atoms with van der Waals surface area (Å²) in [4.78, 5) is 49.8. The highest BCUT2D eigenvalue weighted by molar-refractivity contribution is 5.94. The number of pyridine rings is 2. The Bertz CT molecular complexity index is 1790. The van der Waals surface area contributed by atoms with Crippen LogP contribution in [-0.4, -0.2) is 32.4 Å². The molecule has 196 valence electrons. The predicted molar refractivity (Wildman–Crippen MR) is 149 cm³/mol. The molecule has 1 atom stereocenters. The molecule has 0 saturated carbocycles. The smallest absolute Gasteiger partial charge is 0.341 e. The molecule has 2 aromatic carbocycles. The largest absolute Gasteiger partial charge is 0.462 e. The Kier molecular flexibility index (Phi) is 7.45. The summed E-state index contributed by atoms with van der Waals surface area (Å²) < 4.78 is 8.44. The first-order chi connectivity index (χ1) is 19.0. The molecule has 0 aliphatic carbocycles. The molecule has 0 aliphatic rings. The van der Waals surface area contributed by atoms with Crippen LogP contribution in [0.15, 0.2) is 101 Å². The molecule has 0 fully saturated rings. The van der Waals surface area contributed by atoms with Gasteiger partial charge in [0.05, 0.1) is 24.5 Å². The Hall–Kier alpha value is -4.85. The van der Waals surface area contributed by atoms with Crippen molar-refractivity contribution in [3.8, 4) is 0 Å². The number of esters is 1. The standard InChI is InChI=1S/C31H28N4O4/c1-3-23(22-15-9-6-10-16-22)29(36)33-28-25(31(38)39-4-2)19-24-27(35(28)20-21-13-7-5-8-14-21)32-26-17-11-12-18-34(26)30(24)37/h5-19,23H,3-4,20H2,1-2H3. The topological polar surface area (TPSA) is 95.0 Å². The average molecular weight is 521 g/mol. The molecule has 5 aromatic rings. The third-order valence-electron chi connectivity index (χ3n) is 6.59. The summed E-state index contributed by atoms with van der Waals surface area (Å²) in [6.07, 6.45) is 2.15. The lowest BCUT2D eigenvalue weighted by Gasteiger charge is -2.16. The summed E-state index contributed by atoms with van der Waals surface area (Å²) in [6.45, 7) is 3.98. The summed E-state index contributed by atoms with van der Waals surface area (Å²) in [6, 6.07) is 25.7. The molecule has 0 spiro atoms. The van der Waals surface area contributed by atoms with Gasteiger partial charge >= 0.3 is 5.97 Å². The molecule has 8 nitrogen and oxygen atoms in total. The van der Waals surface area contributed by atoms with Gasteiger partial charge in [-0.1, -0.05) is 73.7 Å². The molecule has 1 amide bonds. The second-order valence-corrected chi connectivity index (χ2v) is 9.08. The zero-order valence-corrected chi connectivity index (χ0v) is 21.8. The summed E-state index contributed by atoms with van der Waals surface area (Å²) in [5, 5.41) is 0.221. The van der Waals surface area contributed by atoms with Crippen molar-refractivity contribution in [3.05, 3.63) is 124 Å². The van der Waals surface area contributed by atoms with Crippen LogP contribution in [0.5, 0.6) is 0 Å². The molecular formula is C31H28N4O4. The maximum absolute atomic E-state index is 13.7. The highest BCUT2D eigenvalue weighted by atomic mass is 16.5. The van der Waals surface area contributed by atoms with Crippen LogP contribution in [0.25, 0.3) is 16.7 Å². The van der Waals surface area contributed by atoms with Gasteiger partial charge in [0.15, 0.2) is 5.49 Å². The van der Waals surface area contributed by atoms with Crippen molar-refractivity contribution >= 4 is 28.6 Å². The van der Waals surface area contributed by atoms with E-state index in [1.54, 1.807) is 35.9 Å². The molecule has 0 N–H and O–H groups in total. The molecular weight excluding hydrogens is 492 g/mol. The third kappa shape index (κ3) is 5.13. The van der Waals surface area contributed by atoms with E-state index in [-0.39, 0.29) is 35.1 Å². The van der Waals surface area contributed by atoms with Crippen LogP contribution < -0.4 is 11.0 Å². The first-order valence-corrected chi connectivity index (χ1v) is 12.9. The van der Waals surface area contributed by atoms with E-state index in [9.17, 15) is 14.4 Å². The molecule has 5 rings (SSSR count).